The minimum atomic E-state index is -5.08. The van der Waals surface area contributed by atoms with E-state index in [0.29, 0.717) is 32.2 Å². The molecule has 13 amide bonds. The highest BCUT2D eigenvalue weighted by molar-refractivity contribution is 6.01. The zero-order chi connectivity index (χ0) is 85.0. The Bertz CT molecular complexity index is 3030. The fourth-order valence-corrected chi connectivity index (χ4v) is 10.9. The van der Waals surface area contributed by atoms with E-state index >= 15 is 0 Å². The van der Waals surface area contributed by atoms with E-state index in [2.05, 4.69) is 63.8 Å². The summed E-state index contributed by atoms with van der Waals surface area (Å²) in [6, 6.07) is -17.9. The van der Waals surface area contributed by atoms with Gasteiger partial charge < -0.3 is 107 Å². The number of amides is 13. The smallest absolute Gasteiger partial charge is 0.481 e. The number of carbonyl (C=O) groups excluding carboxylic acids is 13. The van der Waals surface area contributed by atoms with E-state index in [-0.39, 0.29) is 119 Å². The molecule has 0 aromatic heterocycles. The van der Waals surface area contributed by atoms with Gasteiger partial charge in [-0.1, -0.05) is 83.1 Å². The third kappa shape index (κ3) is 45.6. The lowest BCUT2D eigenvalue weighted by Gasteiger charge is -2.29. The summed E-state index contributed by atoms with van der Waals surface area (Å²) in [5.74, 6) is -21.2. The number of carboxylic acid groups (broad SMARTS) is 4. The minimum absolute atomic E-state index is 0.0198. The molecule has 40 heteroatoms. The summed E-state index contributed by atoms with van der Waals surface area (Å²) in [5, 5.41) is 67.1. The summed E-state index contributed by atoms with van der Waals surface area (Å²) in [7, 11) is 0. The molecule has 0 rings (SSSR count). The van der Waals surface area contributed by atoms with E-state index in [1.54, 1.807) is 83.1 Å². The van der Waals surface area contributed by atoms with Gasteiger partial charge in [-0.25, -0.2) is 4.79 Å². The molecule has 0 saturated heterocycles. The number of halogens is 3. The molecule has 630 valence electrons. The van der Waals surface area contributed by atoms with Crippen molar-refractivity contribution < 1.29 is 115 Å². The second-order valence-electron chi connectivity index (χ2n) is 29.6. The Morgan fingerprint density at radius 2 is 0.445 bits per heavy atom. The number of hydrogen-bond donors (Lipinski definition) is 20. The number of carbonyl (C=O) groups is 17. The molecule has 37 nitrogen and oxygen atoms in total. The molecule has 0 aliphatic rings. The molecule has 12 unspecified atom stereocenters. The van der Waals surface area contributed by atoms with Crippen molar-refractivity contribution in [1.29, 1.82) is 0 Å². The molecule has 0 heterocycles. The topological polar surface area (TPSA) is 620 Å². The van der Waals surface area contributed by atoms with Crippen molar-refractivity contribution in [3.8, 4) is 0 Å². The second-order valence-corrected chi connectivity index (χ2v) is 29.6. The van der Waals surface area contributed by atoms with Gasteiger partial charge in [0.2, 0.25) is 76.8 Å². The van der Waals surface area contributed by atoms with Gasteiger partial charge in [0.25, 0.3) is 0 Å². The lowest BCUT2D eigenvalue weighted by molar-refractivity contribution is -0.192. The van der Waals surface area contributed by atoms with Crippen LogP contribution >= 0.6 is 0 Å². The third-order valence-corrected chi connectivity index (χ3v) is 16.1. The van der Waals surface area contributed by atoms with Gasteiger partial charge in [-0.2, -0.15) is 13.2 Å². The molecular weight excluding hydrogens is 1460 g/mol. The highest BCUT2D eigenvalue weighted by atomic mass is 19.4. The van der Waals surface area contributed by atoms with E-state index in [4.69, 9.17) is 32.8 Å². The summed E-state index contributed by atoms with van der Waals surface area (Å²) in [5.41, 5.74) is 22.7. The number of primary amides is 1. The van der Waals surface area contributed by atoms with E-state index in [1.165, 1.54) is 6.92 Å². The lowest BCUT2D eigenvalue weighted by atomic mass is 9.99. The van der Waals surface area contributed by atoms with Gasteiger partial charge in [0.15, 0.2) is 0 Å². The third-order valence-electron chi connectivity index (χ3n) is 16.1. The standard InChI is InChI=1S/C68H122N16O19.C2HF3O2/c1-35(2)26-45(57(72)92)76-66(101)51(32-54(86)87)82-64(99)49(30-39(9)10)78-59(94)43(21-15-18-24-70)74-62(97)47(28-37(5)6)81-68(103)53(34-56(90)91)84-65(100)50(31-40(11)12)79-60(95)44(22-16-19-25-71)75-61(96)46(27-36(3)4)80-67(102)52(33-55(88)89)83-63(98)48(29-38(7)8)77-58(93)42(73-41(13)85)20-14-17-23-69;3-2(4,5)1(6)7/h35-40,42-53H,14-34,69-71H2,1-13H3,(H2,72,92)(H,73,85)(H,74,97)(H,75,96)(H,76,101)(H,77,93)(H,78,94)(H,79,95)(H,80,102)(H,81,103)(H,82,99)(H,83,98)(H,84,100)(H,86,87)(H,88,89)(H,90,91);(H,6,7). The van der Waals surface area contributed by atoms with E-state index in [9.17, 15) is 105 Å². The molecule has 0 aliphatic heterocycles. The summed E-state index contributed by atoms with van der Waals surface area (Å²) < 4.78 is 31.7. The van der Waals surface area contributed by atoms with Crippen molar-refractivity contribution in [2.45, 2.75) is 284 Å². The van der Waals surface area contributed by atoms with Gasteiger partial charge in [-0.15, -0.1) is 0 Å². The molecule has 0 fully saturated rings. The molecular formula is C70H123F3N16O21. The van der Waals surface area contributed by atoms with Crippen LogP contribution in [-0.4, -0.2) is 219 Å². The Balaban J connectivity index is 0. The van der Waals surface area contributed by atoms with Gasteiger partial charge in [-0.3, -0.25) is 76.7 Å². The fraction of sp³-hybridized carbons (Fsp3) is 0.757. The van der Waals surface area contributed by atoms with Crippen molar-refractivity contribution in [3.05, 3.63) is 0 Å². The monoisotopic (exact) mass is 1580 g/mol. The number of aliphatic carboxylic acids is 4. The Morgan fingerprint density at radius 3 is 0.618 bits per heavy atom. The van der Waals surface area contributed by atoms with Crippen LogP contribution in [0, 0.1) is 35.5 Å². The molecule has 110 heavy (non-hydrogen) atoms. The molecule has 0 aromatic rings. The summed E-state index contributed by atoms with van der Waals surface area (Å²) >= 11 is 0. The van der Waals surface area contributed by atoms with Crippen LogP contribution in [0.15, 0.2) is 0 Å². The molecule has 0 bridgehead atoms. The highest BCUT2D eigenvalue weighted by Gasteiger charge is 2.40. The fourth-order valence-electron chi connectivity index (χ4n) is 10.9. The molecule has 12 atom stereocenters. The number of alkyl halides is 3. The Morgan fingerprint density at radius 1 is 0.282 bits per heavy atom. The number of nitrogens with two attached hydrogens (primary N) is 4. The van der Waals surface area contributed by atoms with Crippen molar-refractivity contribution in [2.24, 2.45) is 58.4 Å². The van der Waals surface area contributed by atoms with Crippen molar-refractivity contribution >= 4 is 101 Å². The van der Waals surface area contributed by atoms with Crippen molar-refractivity contribution in [3.63, 3.8) is 0 Å². The first-order valence-corrected chi connectivity index (χ1v) is 37.0. The van der Waals surface area contributed by atoms with Crippen LogP contribution in [0.2, 0.25) is 0 Å². The van der Waals surface area contributed by atoms with Crippen LogP contribution in [0.4, 0.5) is 13.2 Å². The second kappa shape index (κ2) is 53.5. The molecule has 0 aromatic carbocycles. The van der Waals surface area contributed by atoms with Crippen molar-refractivity contribution in [1.82, 2.24) is 63.8 Å². The van der Waals surface area contributed by atoms with Crippen molar-refractivity contribution in [2.75, 3.05) is 19.6 Å². The van der Waals surface area contributed by atoms with Gasteiger partial charge in [0, 0.05) is 6.92 Å². The van der Waals surface area contributed by atoms with Gasteiger partial charge in [0.05, 0.1) is 19.3 Å². The van der Waals surface area contributed by atoms with Crippen LogP contribution in [0.3, 0.4) is 0 Å². The minimum Gasteiger partial charge on any atom is -0.481 e. The maximum Gasteiger partial charge on any atom is 0.490 e. The molecule has 0 saturated carbocycles. The Hall–Kier alpha value is -9.34. The van der Waals surface area contributed by atoms with E-state index in [1.807, 2.05) is 0 Å². The van der Waals surface area contributed by atoms with Gasteiger partial charge in [0.1, 0.15) is 72.5 Å². The van der Waals surface area contributed by atoms with Gasteiger partial charge >= 0.3 is 30.1 Å². The number of hydrogen-bond acceptors (Lipinski definition) is 20. The molecule has 24 N–H and O–H groups in total. The van der Waals surface area contributed by atoms with Crippen LogP contribution in [0.5, 0.6) is 0 Å². The zero-order valence-electron chi connectivity index (χ0n) is 65.4. The SMILES string of the molecule is CC(=O)NC(CCCCN)C(=O)NC(CC(C)C)C(=O)NC(CC(=O)O)C(=O)NC(CC(C)C)C(=O)NC(CCCCN)C(=O)NC(CC(C)C)C(=O)NC(CC(=O)O)C(=O)NC(CC(C)C)C(=O)NC(CCCCN)C(=O)NC(CC(C)C)C(=O)NC(CC(=O)O)C(=O)NC(CC(C)C)C(N)=O.O=C(O)C(F)(F)F. The summed E-state index contributed by atoms with van der Waals surface area (Å²) in [6.07, 6.45) is -6.10. The van der Waals surface area contributed by atoms with E-state index < -0.39 is 199 Å². The zero-order valence-corrected chi connectivity index (χ0v) is 65.4. The number of nitrogens with one attached hydrogen (secondary N) is 12. The molecule has 0 radical (unpaired) electrons. The maximum atomic E-state index is 14.5. The van der Waals surface area contributed by atoms with Crippen LogP contribution < -0.4 is 86.7 Å². The molecule has 0 spiro atoms. The predicted molar refractivity (Wildman–Crippen MR) is 394 cm³/mol. The normalized spacial score (nSPS) is 14.7. The van der Waals surface area contributed by atoms with E-state index in [0.717, 1.165) is 0 Å². The first-order valence-electron chi connectivity index (χ1n) is 37.0. The van der Waals surface area contributed by atoms with Crippen LogP contribution in [-0.2, 0) is 81.5 Å². The number of rotatable bonds is 54. The maximum absolute atomic E-state index is 14.5. The number of carboxylic acids is 4. The molecule has 0 aliphatic carbocycles. The Labute approximate surface area is 639 Å². The highest BCUT2D eigenvalue weighted by Crippen LogP contribution is 2.17. The predicted octanol–water partition coefficient (Wildman–Crippen LogP) is -0.970. The van der Waals surface area contributed by atoms with Crippen LogP contribution in [0.25, 0.3) is 0 Å². The Kier molecular flexibility index (Phi) is 50.0. The summed E-state index contributed by atoms with van der Waals surface area (Å²) in [4.78, 5) is 225. The largest absolute Gasteiger partial charge is 0.490 e. The van der Waals surface area contributed by atoms with Crippen LogP contribution in [0.1, 0.15) is 206 Å². The lowest BCUT2D eigenvalue weighted by Crippen LogP contribution is -2.61. The van der Waals surface area contributed by atoms with Gasteiger partial charge in [-0.05, 0) is 151 Å². The first-order chi connectivity index (χ1) is 51.0. The quantitative estimate of drug-likeness (QED) is 0.0326. The summed E-state index contributed by atoms with van der Waals surface area (Å²) in [6.45, 7) is 22.5. The average Bonchev–Trinajstić information content (AvgIpc) is 0.855. The first kappa shape index (κ1) is 103. The average molecular weight is 1580 g/mol. The number of unbranched alkanes of at least 4 members (excludes halogenated alkanes) is 3.